The highest BCUT2D eigenvalue weighted by Crippen LogP contribution is 2.31. The Bertz CT molecular complexity index is 784. The van der Waals surface area contributed by atoms with Gasteiger partial charge in [0.2, 0.25) is 0 Å². The van der Waals surface area contributed by atoms with Crippen molar-refractivity contribution in [3.05, 3.63) is 47.2 Å². The number of esters is 1. The summed E-state index contributed by atoms with van der Waals surface area (Å²) in [6.07, 6.45) is 4.10. The number of ketones is 1. The fourth-order valence-electron chi connectivity index (χ4n) is 3.02. The number of nitrogens with one attached hydrogen (secondary N) is 1. The third-order valence-corrected chi connectivity index (χ3v) is 4.11. The summed E-state index contributed by atoms with van der Waals surface area (Å²) in [6.45, 7) is 9.70. The van der Waals surface area contributed by atoms with Crippen molar-refractivity contribution in [2.75, 3.05) is 7.11 Å². The number of fused-ring (bicyclic) bond motifs is 1. The summed E-state index contributed by atoms with van der Waals surface area (Å²) in [6, 6.07) is 3.57. The number of carbonyl (C=O) groups excluding carboxylic acids is 2. The Morgan fingerprint density at radius 3 is 2.58 bits per heavy atom. The molecule has 0 aliphatic carbocycles. The second-order valence-electron chi connectivity index (χ2n) is 6.29. The Hall–Kier alpha value is -2.36. The summed E-state index contributed by atoms with van der Waals surface area (Å²) < 4.78 is 4.84. The molecule has 24 heavy (non-hydrogen) atoms. The first kappa shape index (κ1) is 18.0. The van der Waals surface area contributed by atoms with E-state index in [0.29, 0.717) is 12.0 Å². The van der Waals surface area contributed by atoms with Crippen LogP contribution in [0.5, 0.6) is 0 Å². The molecule has 0 bridgehead atoms. The van der Waals surface area contributed by atoms with Crippen LogP contribution < -0.4 is 0 Å². The lowest BCUT2D eigenvalue weighted by atomic mass is 9.92. The van der Waals surface area contributed by atoms with Crippen molar-refractivity contribution >= 4 is 22.7 Å². The van der Waals surface area contributed by atoms with E-state index in [-0.39, 0.29) is 17.7 Å². The van der Waals surface area contributed by atoms with E-state index < -0.39 is 0 Å². The molecule has 0 atom stereocenters. The molecule has 128 valence electrons. The molecule has 0 aliphatic heterocycles. The molecule has 1 N–H and O–H groups in total. The molecule has 0 radical (unpaired) electrons. The predicted molar refractivity (Wildman–Crippen MR) is 96.7 cm³/mol. The van der Waals surface area contributed by atoms with Gasteiger partial charge in [-0.05, 0) is 30.5 Å². The van der Waals surface area contributed by atoms with Gasteiger partial charge in [0.15, 0.2) is 5.78 Å². The van der Waals surface area contributed by atoms with Gasteiger partial charge >= 0.3 is 5.97 Å². The first-order chi connectivity index (χ1) is 11.4. The van der Waals surface area contributed by atoms with Gasteiger partial charge in [-0.3, -0.25) is 4.79 Å². The second kappa shape index (κ2) is 7.47. The Morgan fingerprint density at radius 2 is 2.04 bits per heavy atom. The quantitative estimate of drug-likeness (QED) is 0.463. The molecule has 4 nitrogen and oxygen atoms in total. The highest BCUT2D eigenvalue weighted by molar-refractivity contribution is 6.12. The number of hydrogen-bond donors (Lipinski definition) is 1. The maximum Gasteiger partial charge on any atom is 0.337 e. The third kappa shape index (κ3) is 3.28. The van der Waals surface area contributed by atoms with Gasteiger partial charge in [0.05, 0.1) is 12.7 Å². The number of rotatable bonds is 7. The molecule has 4 heteroatoms. The highest BCUT2D eigenvalue weighted by atomic mass is 16.5. The minimum absolute atomic E-state index is 0.0866. The fourth-order valence-corrected chi connectivity index (χ4v) is 3.02. The molecule has 0 spiro atoms. The lowest BCUT2D eigenvalue weighted by Gasteiger charge is -2.09. The Labute approximate surface area is 142 Å². The molecular weight excluding hydrogens is 302 g/mol. The number of aromatic nitrogens is 1. The van der Waals surface area contributed by atoms with Gasteiger partial charge in [-0.2, -0.15) is 0 Å². The molecular formula is C20H25NO3. The summed E-state index contributed by atoms with van der Waals surface area (Å²) in [5.74, 6) is -0.345. The Morgan fingerprint density at radius 1 is 1.33 bits per heavy atom. The normalized spacial score (nSPS) is 11.0. The van der Waals surface area contributed by atoms with Crippen LogP contribution in [0.4, 0.5) is 0 Å². The number of H-pyrrole nitrogens is 1. The minimum atomic E-state index is -0.384. The molecule has 0 amide bonds. The topological polar surface area (TPSA) is 59.2 Å². The van der Waals surface area contributed by atoms with Gasteiger partial charge in [0.1, 0.15) is 0 Å². The lowest BCUT2D eigenvalue weighted by Crippen LogP contribution is -2.10. The van der Waals surface area contributed by atoms with E-state index in [1.54, 1.807) is 18.2 Å². The monoisotopic (exact) mass is 327 g/mol. The van der Waals surface area contributed by atoms with E-state index in [1.807, 2.05) is 13.8 Å². The van der Waals surface area contributed by atoms with Gasteiger partial charge in [-0.15, -0.1) is 6.58 Å². The maximum absolute atomic E-state index is 12.8. The summed E-state index contributed by atoms with van der Waals surface area (Å²) >= 11 is 0. The van der Waals surface area contributed by atoms with Gasteiger partial charge in [-0.25, -0.2) is 4.79 Å². The predicted octanol–water partition coefficient (Wildman–Crippen LogP) is 4.47. The first-order valence-electron chi connectivity index (χ1n) is 8.35. The lowest BCUT2D eigenvalue weighted by molar-refractivity contribution is 0.0600. The van der Waals surface area contributed by atoms with Crippen molar-refractivity contribution in [2.24, 2.45) is 5.92 Å². The van der Waals surface area contributed by atoms with Crippen LogP contribution >= 0.6 is 0 Å². The molecule has 0 aliphatic rings. The van der Waals surface area contributed by atoms with Crippen molar-refractivity contribution in [3.8, 4) is 0 Å². The molecule has 0 unspecified atom stereocenters. The van der Waals surface area contributed by atoms with E-state index in [0.717, 1.165) is 40.6 Å². The summed E-state index contributed by atoms with van der Waals surface area (Å²) in [4.78, 5) is 28.1. The van der Waals surface area contributed by atoms with Gasteiger partial charge in [-0.1, -0.05) is 33.3 Å². The summed E-state index contributed by atoms with van der Waals surface area (Å²) in [5, 5.41) is 0.907. The molecule has 0 saturated carbocycles. The minimum Gasteiger partial charge on any atom is -0.465 e. The van der Waals surface area contributed by atoms with Crippen molar-refractivity contribution in [2.45, 2.75) is 40.0 Å². The molecule has 0 saturated heterocycles. The van der Waals surface area contributed by atoms with E-state index in [2.05, 4.69) is 18.5 Å². The van der Waals surface area contributed by atoms with Crippen molar-refractivity contribution < 1.29 is 14.3 Å². The van der Waals surface area contributed by atoms with Crippen LogP contribution in [0, 0.1) is 5.92 Å². The molecule has 2 rings (SSSR count). The van der Waals surface area contributed by atoms with Gasteiger partial charge < -0.3 is 9.72 Å². The average molecular weight is 327 g/mol. The largest absolute Gasteiger partial charge is 0.465 e. The van der Waals surface area contributed by atoms with Gasteiger partial charge in [0, 0.05) is 28.1 Å². The van der Waals surface area contributed by atoms with E-state index in [9.17, 15) is 9.59 Å². The number of Topliss-reactive ketones (excluding diaryl/α,β-unsaturated/α-hetero) is 1. The number of methoxy groups -OCH3 is 1. The fraction of sp³-hybridized carbons (Fsp3) is 0.400. The van der Waals surface area contributed by atoms with E-state index in [1.165, 1.54) is 7.11 Å². The van der Waals surface area contributed by atoms with Crippen LogP contribution in [0.1, 0.15) is 59.2 Å². The van der Waals surface area contributed by atoms with Crippen molar-refractivity contribution in [1.82, 2.24) is 4.98 Å². The second-order valence-corrected chi connectivity index (χ2v) is 6.29. The zero-order valence-corrected chi connectivity index (χ0v) is 14.9. The summed E-state index contributed by atoms with van der Waals surface area (Å²) in [5.41, 5.74) is 3.91. The molecule has 1 aromatic carbocycles. The molecule has 1 aromatic heterocycles. The van der Waals surface area contributed by atoms with Crippen LogP contribution in [0.2, 0.25) is 0 Å². The summed E-state index contributed by atoms with van der Waals surface area (Å²) in [7, 11) is 1.37. The Kier molecular flexibility index (Phi) is 5.60. The zero-order chi connectivity index (χ0) is 17.9. The Balaban J connectivity index is 2.81. The number of ether oxygens (including phenoxy) is 1. The van der Waals surface area contributed by atoms with Crippen molar-refractivity contribution in [1.29, 1.82) is 0 Å². The maximum atomic E-state index is 12.8. The third-order valence-electron chi connectivity index (χ3n) is 4.11. The highest BCUT2D eigenvalue weighted by Gasteiger charge is 2.23. The van der Waals surface area contributed by atoms with Crippen LogP contribution in [-0.4, -0.2) is 23.8 Å². The standard InChI is InChI=1S/C20H25NO3/c1-6-8-13-10-14(20(23)24-5)11-16-17(13)18(19(22)12(3)4)15(21-16)9-7-2/h6,10-12,21H,1,7-9H2,2-5H3. The van der Waals surface area contributed by atoms with Crippen LogP contribution in [0.15, 0.2) is 24.8 Å². The smallest absolute Gasteiger partial charge is 0.337 e. The van der Waals surface area contributed by atoms with E-state index >= 15 is 0 Å². The number of aryl methyl sites for hydroxylation is 1. The number of benzene rings is 1. The van der Waals surface area contributed by atoms with Gasteiger partial charge in [0.25, 0.3) is 0 Å². The number of aromatic amines is 1. The molecule has 0 fully saturated rings. The van der Waals surface area contributed by atoms with Crippen LogP contribution in [0.25, 0.3) is 10.9 Å². The zero-order valence-electron chi connectivity index (χ0n) is 14.9. The van der Waals surface area contributed by atoms with Crippen LogP contribution in [-0.2, 0) is 17.6 Å². The number of hydrogen-bond acceptors (Lipinski definition) is 3. The van der Waals surface area contributed by atoms with Crippen molar-refractivity contribution in [3.63, 3.8) is 0 Å². The average Bonchev–Trinajstić information content (AvgIpc) is 2.91. The van der Waals surface area contributed by atoms with E-state index in [4.69, 9.17) is 4.74 Å². The number of carbonyl (C=O) groups is 2. The molecule has 1 heterocycles. The number of allylic oxidation sites excluding steroid dienone is 1. The van der Waals surface area contributed by atoms with Crippen LogP contribution in [0.3, 0.4) is 0 Å². The first-order valence-corrected chi connectivity index (χ1v) is 8.35. The molecule has 2 aromatic rings. The SMILES string of the molecule is C=CCc1cc(C(=O)OC)cc2[nH]c(CCC)c(C(=O)C(C)C)c12.